The van der Waals surface area contributed by atoms with E-state index in [4.69, 9.17) is 0 Å². The van der Waals surface area contributed by atoms with Gasteiger partial charge in [0.05, 0.1) is 24.2 Å². The largest absolute Gasteiger partial charge is 0.345 e. The molecule has 1 amide bonds. The summed E-state index contributed by atoms with van der Waals surface area (Å²) in [5.41, 5.74) is 4.48. The second-order valence-electron chi connectivity index (χ2n) is 5.46. The average Bonchev–Trinajstić information content (AvgIpc) is 2.87. The van der Waals surface area contributed by atoms with Gasteiger partial charge in [0.2, 0.25) is 5.91 Å². The minimum absolute atomic E-state index is 0.0741. The molecule has 1 aromatic heterocycles. The van der Waals surface area contributed by atoms with Crippen LogP contribution in [-0.4, -0.2) is 15.7 Å². The van der Waals surface area contributed by atoms with Gasteiger partial charge in [0, 0.05) is 12.4 Å². The number of nitrogens with one attached hydrogen (secondary N) is 1. The quantitative estimate of drug-likeness (QED) is 0.742. The van der Waals surface area contributed by atoms with Crippen molar-refractivity contribution in [1.29, 1.82) is 0 Å². The molecule has 2 heterocycles. The number of fused-ring (bicyclic) bond motifs is 2. The summed E-state index contributed by atoms with van der Waals surface area (Å²) in [6.07, 6.45) is 2.32. The van der Waals surface area contributed by atoms with Crippen LogP contribution in [0.2, 0.25) is 0 Å². The SMILES string of the molecule is Cn1ncc2cc(C3NC(=O)Cc4ccccc43)ccc21. The Bertz CT molecular complexity index is 850. The van der Waals surface area contributed by atoms with Gasteiger partial charge in [-0.3, -0.25) is 9.48 Å². The van der Waals surface area contributed by atoms with Crippen molar-refractivity contribution >= 4 is 16.8 Å². The van der Waals surface area contributed by atoms with Gasteiger partial charge in [0.25, 0.3) is 0 Å². The van der Waals surface area contributed by atoms with Crippen LogP contribution in [0.1, 0.15) is 22.7 Å². The molecule has 4 rings (SSSR count). The lowest BCUT2D eigenvalue weighted by atomic mass is 9.89. The standard InChI is InChI=1S/C17H15N3O/c1-20-15-7-6-12(8-13(15)10-18-20)17-14-5-3-2-4-11(14)9-16(21)19-17/h2-8,10,17H,9H2,1H3,(H,19,21). The molecule has 0 saturated heterocycles. The third-order valence-corrected chi connectivity index (χ3v) is 4.13. The van der Waals surface area contributed by atoms with E-state index in [0.29, 0.717) is 6.42 Å². The average molecular weight is 277 g/mol. The number of amides is 1. The number of rotatable bonds is 1. The Balaban J connectivity index is 1.86. The van der Waals surface area contributed by atoms with Gasteiger partial charge < -0.3 is 5.32 Å². The molecule has 4 nitrogen and oxygen atoms in total. The smallest absolute Gasteiger partial charge is 0.225 e. The molecule has 104 valence electrons. The molecule has 1 aliphatic heterocycles. The molecule has 0 spiro atoms. The molecule has 3 aromatic rings. The summed E-state index contributed by atoms with van der Waals surface area (Å²) in [7, 11) is 1.93. The number of carbonyl (C=O) groups is 1. The normalized spacial score (nSPS) is 17.6. The van der Waals surface area contributed by atoms with E-state index in [1.165, 1.54) is 5.56 Å². The van der Waals surface area contributed by atoms with Crippen molar-refractivity contribution in [2.45, 2.75) is 12.5 Å². The van der Waals surface area contributed by atoms with E-state index >= 15 is 0 Å². The lowest BCUT2D eigenvalue weighted by Crippen LogP contribution is -2.35. The summed E-state index contributed by atoms with van der Waals surface area (Å²) >= 11 is 0. The van der Waals surface area contributed by atoms with E-state index in [1.54, 1.807) is 0 Å². The minimum atomic E-state index is -0.0768. The zero-order valence-electron chi connectivity index (χ0n) is 11.7. The van der Waals surface area contributed by atoms with Crippen molar-refractivity contribution in [3.8, 4) is 0 Å². The monoisotopic (exact) mass is 277 g/mol. The molecule has 1 N–H and O–H groups in total. The van der Waals surface area contributed by atoms with E-state index in [1.807, 2.05) is 36.1 Å². The predicted molar refractivity (Wildman–Crippen MR) is 80.8 cm³/mol. The molecular weight excluding hydrogens is 262 g/mol. The van der Waals surface area contributed by atoms with Crippen molar-refractivity contribution in [3.63, 3.8) is 0 Å². The molecule has 4 heteroatoms. The first-order valence-corrected chi connectivity index (χ1v) is 7.01. The molecule has 0 bridgehead atoms. The third kappa shape index (κ3) is 1.91. The highest BCUT2D eigenvalue weighted by Crippen LogP contribution is 2.30. The Morgan fingerprint density at radius 2 is 2.10 bits per heavy atom. The van der Waals surface area contributed by atoms with Gasteiger partial charge in [0.15, 0.2) is 0 Å². The molecule has 21 heavy (non-hydrogen) atoms. The van der Waals surface area contributed by atoms with Crippen LogP contribution >= 0.6 is 0 Å². The van der Waals surface area contributed by atoms with Crippen molar-refractivity contribution in [2.75, 3.05) is 0 Å². The van der Waals surface area contributed by atoms with Crippen molar-refractivity contribution < 1.29 is 4.79 Å². The lowest BCUT2D eigenvalue weighted by Gasteiger charge is -2.27. The van der Waals surface area contributed by atoms with E-state index in [2.05, 4.69) is 34.7 Å². The topological polar surface area (TPSA) is 46.9 Å². The van der Waals surface area contributed by atoms with Crippen LogP contribution in [0, 0.1) is 0 Å². The molecule has 1 unspecified atom stereocenters. The van der Waals surface area contributed by atoms with Gasteiger partial charge in [-0.15, -0.1) is 0 Å². The van der Waals surface area contributed by atoms with Crippen LogP contribution in [0.4, 0.5) is 0 Å². The fraction of sp³-hybridized carbons (Fsp3) is 0.176. The van der Waals surface area contributed by atoms with Gasteiger partial charge in [-0.2, -0.15) is 5.10 Å². The fourth-order valence-electron chi connectivity index (χ4n) is 3.06. The Morgan fingerprint density at radius 3 is 3.00 bits per heavy atom. The Kier molecular flexibility index (Phi) is 2.57. The molecule has 1 aliphatic rings. The lowest BCUT2D eigenvalue weighted by molar-refractivity contribution is -0.121. The fourth-order valence-corrected chi connectivity index (χ4v) is 3.06. The van der Waals surface area contributed by atoms with Gasteiger partial charge in [-0.05, 0) is 28.8 Å². The summed E-state index contributed by atoms with van der Waals surface area (Å²) in [6.45, 7) is 0. The Hall–Kier alpha value is -2.62. The first-order chi connectivity index (χ1) is 10.2. The van der Waals surface area contributed by atoms with Crippen LogP contribution in [0.5, 0.6) is 0 Å². The van der Waals surface area contributed by atoms with Crippen LogP contribution in [0.3, 0.4) is 0 Å². The molecule has 2 aromatic carbocycles. The predicted octanol–water partition coefficient (Wildman–Crippen LogP) is 2.33. The first-order valence-electron chi connectivity index (χ1n) is 7.01. The summed E-state index contributed by atoms with van der Waals surface area (Å²) in [5, 5.41) is 8.45. The Morgan fingerprint density at radius 1 is 1.24 bits per heavy atom. The number of nitrogens with zero attached hydrogens (tertiary/aromatic N) is 2. The molecular formula is C17H15N3O. The molecule has 0 saturated carbocycles. The molecule has 0 aliphatic carbocycles. The van der Waals surface area contributed by atoms with Gasteiger partial charge in [0.1, 0.15) is 0 Å². The number of hydrogen-bond acceptors (Lipinski definition) is 2. The number of aromatic nitrogens is 2. The molecule has 1 atom stereocenters. The van der Waals surface area contributed by atoms with Crippen LogP contribution < -0.4 is 5.32 Å². The highest BCUT2D eigenvalue weighted by atomic mass is 16.1. The van der Waals surface area contributed by atoms with Crippen LogP contribution in [0.15, 0.2) is 48.7 Å². The second kappa shape index (κ2) is 4.45. The highest BCUT2D eigenvalue weighted by molar-refractivity contribution is 5.83. The molecule has 0 radical (unpaired) electrons. The summed E-state index contributed by atoms with van der Waals surface area (Å²) < 4.78 is 1.85. The highest BCUT2D eigenvalue weighted by Gasteiger charge is 2.25. The number of aryl methyl sites for hydroxylation is 1. The molecule has 0 fully saturated rings. The maximum Gasteiger partial charge on any atom is 0.225 e. The Labute approximate surface area is 122 Å². The first kappa shape index (κ1) is 12.1. The van der Waals surface area contributed by atoms with E-state index in [0.717, 1.165) is 22.0 Å². The maximum atomic E-state index is 11.9. The van der Waals surface area contributed by atoms with E-state index < -0.39 is 0 Å². The zero-order valence-corrected chi connectivity index (χ0v) is 11.7. The van der Waals surface area contributed by atoms with Crippen LogP contribution in [0.25, 0.3) is 10.9 Å². The minimum Gasteiger partial charge on any atom is -0.345 e. The number of benzene rings is 2. The van der Waals surface area contributed by atoms with E-state index in [9.17, 15) is 4.79 Å². The number of carbonyl (C=O) groups excluding carboxylic acids is 1. The van der Waals surface area contributed by atoms with Gasteiger partial charge in [-0.25, -0.2) is 0 Å². The van der Waals surface area contributed by atoms with Crippen LogP contribution in [-0.2, 0) is 18.3 Å². The zero-order chi connectivity index (χ0) is 14.4. The number of hydrogen-bond donors (Lipinski definition) is 1. The summed E-state index contributed by atoms with van der Waals surface area (Å²) in [6, 6.07) is 14.3. The van der Waals surface area contributed by atoms with E-state index in [-0.39, 0.29) is 11.9 Å². The third-order valence-electron chi connectivity index (χ3n) is 4.13. The van der Waals surface area contributed by atoms with Crippen molar-refractivity contribution in [3.05, 3.63) is 65.4 Å². The van der Waals surface area contributed by atoms with Crippen molar-refractivity contribution in [1.82, 2.24) is 15.1 Å². The van der Waals surface area contributed by atoms with Gasteiger partial charge in [-0.1, -0.05) is 30.3 Å². The summed E-state index contributed by atoms with van der Waals surface area (Å²) in [4.78, 5) is 11.9. The van der Waals surface area contributed by atoms with Crippen molar-refractivity contribution in [2.24, 2.45) is 7.05 Å². The van der Waals surface area contributed by atoms with Gasteiger partial charge >= 0.3 is 0 Å². The summed E-state index contributed by atoms with van der Waals surface area (Å²) in [5.74, 6) is 0.0741. The maximum absolute atomic E-state index is 11.9. The second-order valence-corrected chi connectivity index (χ2v) is 5.46.